The zero-order valence-corrected chi connectivity index (χ0v) is 15.3. The van der Waals surface area contributed by atoms with Crippen molar-refractivity contribution in [1.29, 1.82) is 0 Å². The molecule has 1 atom stereocenters. The van der Waals surface area contributed by atoms with Gasteiger partial charge in [0.1, 0.15) is 11.8 Å². The number of piperazine rings is 1. The van der Waals surface area contributed by atoms with Crippen LogP contribution in [0.4, 0.5) is 5.95 Å². The lowest BCUT2D eigenvalue weighted by Gasteiger charge is -2.39. The highest BCUT2D eigenvalue weighted by Gasteiger charge is 2.36. The fourth-order valence-electron chi connectivity index (χ4n) is 3.03. The second kappa shape index (κ2) is 8.03. The molecule has 1 amide bonds. The second-order valence-corrected chi connectivity index (χ2v) is 6.42. The molecule has 142 valence electrons. The van der Waals surface area contributed by atoms with Crippen molar-refractivity contribution in [2.75, 3.05) is 31.1 Å². The minimum atomic E-state index is -1.06. The molecule has 3 rings (SSSR count). The number of aryl methyl sites for hydroxylation is 1. The summed E-state index contributed by atoms with van der Waals surface area (Å²) in [7, 11) is 0. The van der Waals surface area contributed by atoms with Crippen LogP contribution in [0.15, 0.2) is 36.7 Å². The quantitative estimate of drug-likeness (QED) is 0.847. The largest absolute Gasteiger partial charge is 0.483 e. The normalized spacial score (nSPS) is 16.9. The molecule has 27 heavy (non-hydrogen) atoms. The lowest BCUT2D eigenvalue weighted by molar-refractivity contribution is -0.151. The first kappa shape index (κ1) is 18.6. The summed E-state index contributed by atoms with van der Waals surface area (Å²) in [5.74, 6) is -0.318. The molecule has 1 aliphatic heterocycles. The molecule has 1 aliphatic rings. The summed E-state index contributed by atoms with van der Waals surface area (Å²) >= 11 is 0. The summed E-state index contributed by atoms with van der Waals surface area (Å²) in [4.78, 5) is 35.8. The number of carboxylic acids is 1. The maximum Gasteiger partial charge on any atom is 0.328 e. The van der Waals surface area contributed by atoms with Crippen molar-refractivity contribution in [3.05, 3.63) is 47.8 Å². The maximum absolute atomic E-state index is 12.6. The van der Waals surface area contributed by atoms with Gasteiger partial charge in [0.05, 0.1) is 6.54 Å². The molecule has 0 unspecified atom stereocenters. The molecule has 2 heterocycles. The van der Waals surface area contributed by atoms with E-state index in [4.69, 9.17) is 4.74 Å². The number of anilines is 1. The summed E-state index contributed by atoms with van der Waals surface area (Å²) in [5, 5.41) is 9.59. The van der Waals surface area contributed by atoms with Crippen molar-refractivity contribution in [1.82, 2.24) is 14.9 Å². The topological polar surface area (TPSA) is 95.9 Å². The van der Waals surface area contributed by atoms with Crippen molar-refractivity contribution in [3.63, 3.8) is 0 Å². The monoisotopic (exact) mass is 370 g/mol. The third-order valence-electron chi connectivity index (χ3n) is 4.73. The zero-order chi connectivity index (χ0) is 19.4. The van der Waals surface area contributed by atoms with Crippen LogP contribution in [0.25, 0.3) is 0 Å². The van der Waals surface area contributed by atoms with Gasteiger partial charge in [0.25, 0.3) is 5.91 Å². The van der Waals surface area contributed by atoms with Gasteiger partial charge in [-0.3, -0.25) is 4.79 Å². The van der Waals surface area contributed by atoms with Gasteiger partial charge in [-0.15, -0.1) is 0 Å². The molecule has 0 bridgehead atoms. The SMILES string of the molecule is Cc1cccc(OCC(=O)N2CCN(c3ncccn3)C[C@H]2C(=O)O)c1C. The first-order valence-corrected chi connectivity index (χ1v) is 8.70. The van der Waals surface area contributed by atoms with Crippen LogP contribution in [-0.2, 0) is 9.59 Å². The molecule has 2 aromatic rings. The number of carbonyl (C=O) groups is 2. The lowest BCUT2D eigenvalue weighted by atomic mass is 10.1. The fraction of sp³-hybridized carbons (Fsp3) is 0.368. The summed E-state index contributed by atoms with van der Waals surface area (Å²) in [6.45, 7) is 4.56. The number of hydrogen-bond donors (Lipinski definition) is 1. The smallest absolute Gasteiger partial charge is 0.328 e. The number of nitrogens with zero attached hydrogens (tertiary/aromatic N) is 4. The van der Waals surface area contributed by atoms with Crippen LogP contribution in [0.5, 0.6) is 5.75 Å². The minimum Gasteiger partial charge on any atom is -0.483 e. The van der Waals surface area contributed by atoms with Gasteiger partial charge in [0, 0.05) is 25.5 Å². The van der Waals surface area contributed by atoms with Crippen molar-refractivity contribution in [2.45, 2.75) is 19.9 Å². The van der Waals surface area contributed by atoms with Gasteiger partial charge < -0.3 is 19.6 Å². The molecule has 0 radical (unpaired) electrons. The van der Waals surface area contributed by atoms with Crippen LogP contribution in [0, 0.1) is 13.8 Å². The Kier molecular flexibility index (Phi) is 5.54. The standard InChI is InChI=1S/C19H22N4O4/c1-13-5-3-6-16(14(13)2)27-12-17(24)23-10-9-22(11-15(23)18(25)26)19-20-7-4-8-21-19/h3-8,15H,9-12H2,1-2H3,(H,25,26)/t15-/m0/s1. The third kappa shape index (κ3) is 4.16. The summed E-state index contributed by atoms with van der Waals surface area (Å²) in [6.07, 6.45) is 3.21. The van der Waals surface area contributed by atoms with E-state index in [-0.39, 0.29) is 25.6 Å². The Balaban J connectivity index is 1.67. The van der Waals surface area contributed by atoms with E-state index in [0.717, 1.165) is 11.1 Å². The number of carbonyl (C=O) groups excluding carboxylic acids is 1. The van der Waals surface area contributed by atoms with Gasteiger partial charge in [-0.25, -0.2) is 14.8 Å². The Morgan fingerprint density at radius 2 is 1.93 bits per heavy atom. The van der Waals surface area contributed by atoms with E-state index in [1.165, 1.54) is 4.90 Å². The van der Waals surface area contributed by atoms with Crippen molar-refractivity contribution in [3.8, 4) is 5.75 Å². The van der Waals surface area contributed by atoms with Crippen LogP contribution >= 0.6 is 0 Å². The van der Waals surface area contributed by atoms with Crippen molar-refractivity contribution < 1.29 is 19.4 Å². The van der Waals surface area contributed by atoms with Crippen molar-refractivity contribution in [2.24, 2.45) is 0 Å². The average molecular weight is 370 g/mol. The van der Waals surface area contributed by atoms with Crippen LogP contribution in [0.3, 0.4) is 0 Å². The van der Waals surface area contributed by atoms with Gasteiger partial charge in [0.2, 0.25) is 5.95 Å². The molecule has 1 aromatic heterocycles. The van der Waals surface area contributed by atoms with E-state index in [1.807, 2.05) is 26.0 Å². The Morgan fingerprint density at radius 3 is 2.63 bits per heavy atom. The molecule has 8 heteroatoms. The Morgan fingerprint density at radius 1 is 1.19 bits per heavy atom. The maximum atomic E-state index is 12.6. The van der Waals surface area contributed by atoms with Crippen LogP contribution in [0.1, 0.15) is 11.1 Å². The van der Waals surface area contributed by atoms with E-state index in [9.17, 15) is 14.7 Å². The first-order valence-electron chi connectivity index (χ1n) is 8.70. The highest BCUT2D eigenvalue weighted by Crippen LogP contribution is 2.21. The first-order chi connectivity index (χ1) is 13.0. The molecular formula is C19H22N4O4. The number of aliphatic carboxylic acids is 1. The Bertz CT molecular complexity index is 828. The summed E-state index contributed by atoms with van der Waals surface area (Å²) in [6, 6.07) is 6.35. The number of amides is 1. The molecule has 1 N–H and O–H groups in total. The second-order valence-electron chi connectivity index (χ2n) is 6.42. The van der Waals surface area contributed by atoms with E-state index in [0.29, 0.717) is 18.2 Å². The zero-order valence-electron chi connectivity index (χ0n) is 15.3. The fourth-order valence-corrected chi connectivity index (χ4v) is 3.03. The molecule has 0 saturated carbocycles. The van der Waals surface area contributed by atoms with Gasteiger partial charge in [-0.1, -0.05) is 12.1 Å². The number of benzene rings is 1. The summed E-state index contributed by atoms with van der Waals surface area (Å²) in [5.41, 5.74) is 2.03. The van der Waals surface area contributed by atoms with E-state index >= 15 is 0 Å². The van der Waals surface area contributed by atoms with Crippen LogP contribution in [-0.4, -0.2) is 64.1 Å². The van der Waals surface area contributed by atoms with Gasteiger partial charge in [-0.05, 0) is 37.1 Å². The molecule has 1 aromatic carbocycles. The highest BCUT2D eigenvalue weighted by atomic mass is 16.5. The Hall–Kier alpha value is -3.16. The third-order valence-corrected chi connectivity index (χ3v) is 4.73. The van der Waals surface area contributed by atoms with Gasteiger partial charge >= 0.3 is 5.97 Å². The minimum absolute atomic E-state index is 0.133. The molecule has 0 aliphatic carbocycles. The molecule has 0 spiro atoms. The van der Waals surface area contributed by atoms with Gasteiger partial charge in [0.15, 0.2) is 6.61 Å². The van der Waals surface area contributed by atoms with Crippen LogP contribution in [0.2, 0.25) is 0 Å². The molecule has 8 nitrogen and oxygen atoms in total. The number of aromatic nitrogens is 2. The number of ether oxygens (including phenoxy) is 1. The van der Waals surface area contributed by atoms with Crippen molar-refractivity contribution >= 4 is 17.8 Å². The van der Waals surface area contributed by atoms with Crippen LogP contribution < -0.4 is 9.64 Å². The lowest BCUT2D eigenvalue weighted by Crippen LogP contribution is -2.59. The number of carboxylic acid groups (broad SMARTS) is 1. The van der Waals surface area contributed by atoms with E-state index in [2.05, 4.69) is 9.97 Å². The van der Waals surface area contributed by atoms with Gasteiger partial charge in [-0.2, -0.15) is 0 Å². The number of hydrogen-bond acceptors (Lipinski definition) is 6. The van der Waals surface area contributed by atoms with E-state index in [1.54, 1.807) is 29.4 Å². The predicted octanol–water partition coefficient (Wildman–Crippen LogP) is 1.27. The number of rotatable bonds is 5. The predicted molar refractivity (Wildman–Crippen MR) is 98.8 cm³/mol. The van der Waals surface area contributed by atoms with E-state index < -0.39 is 12.0 Å². The molecule has 1 fully saturated rings. The average Bonchev–Trinajstić information content (AvgIpc) is 2.69. The highest BCUT2D eigenvalue weighted by molar-refractivity contribution is 5.85. The molecule has 1 saturated heterocycles. The Labute approximate surface area is 157 Å². The molecular weight excluding hydrogens is 348 g/mol. The summed E-state index contributed by atoms with van der Waals surface area (Å²) < 4.78 is 5.65.